The highest BCUT2D eigenvalue weighted by molar-refractivity contribution is 5.33. The largest absolute Gasteiger partial charge is 0.326 e. The van der Waals surface area contributed by atoms with Crippen LogP contribution in [0.3, 0.4) is 0 Å². The fourth-order valence-electron chi connectivity index (χ4n) is 2.94. The molecule has 2 fully saturated rings. The summed E-state index contributed by atoms with van der Waals surface area (Å²) in [5.74, 6) is 1.49. The normalized spacial score (nSPS) is 29.8. The van der Waals surface area contributed by atoms with Crippen LogP contribution in [0.15, 0.2) is 24.3 Å². The highest BCUT2D eigenvalue weighted by Crippen LogP contribution is 2.41. The molecule has 2 unspecified atom stereocenters. The summed E-state index contributed by atoms with van der Waals surface area (Å²) in [5, 5.41) is 0. The second-order valence-corrected chi connectivity index (χ2v) is 5.81. The maximum Gasteiger partial charge on any atom is 0.0237 e. The van der Waals surface area contributed by atoms with E-state index in [9.17, 15) is 0 Å². The molecule has 0 aromatic heterocycles. The van der Waals surface area contributed by atoms with E-state index in [2.05, 4.69) is 36.1 Å². The SMILES string of the molecule is CC1CN(Cc2ccccc2C2CC2)CC1N. The lowest BCUT2D eigenvalue weighted by atomic mass is 10.0. The molecule has 1 saturated heterocycles. The molecule has 92 valence electrons. The topological polar surface area (TPSA) is 29.3 Å². The van der Waals surface area contributed by atoms with Crippen molar-refractivity contribution in [3.8, 4) is 0 Å². The van der Waals surface area contributed by atoms with Crippen LogP contribution in [-0.2, 0) is 6.54 Å². The van der Waals surface area contributed by atoms with Crippen molar-refractivity contribution in [1.29, 1.82) is 0 Å². The summed E-state index contributed by atoms with van der Waals surface area (Å²) in [6.07, 6.45) is 2.76. The van der Waals surface area contributed by atoms with Crippen molar-refractivity contribution >= 4 is 0 Å². The van der Waals surface area contributed by atoms with Gasteiger partial charge in [0.1, 0.15) is 0 Å². The van der Waals surface area contributed by atoms with Crippen molar-refractivity contribution in [2.24, 2.45) is 11.7 Å². The predicted molar refractivity (Wildman–Crippen MR) is 70.8 cm³/mol. The molecule has 2 heteroatoms. The Morgan fingerprint density at radius 1 is 1.24 bits per heavy atom. The van der Waals surface area contributed by atoms with Crippen LogP contribution in [0.1, 0.15) is 36.8 Å². The first-order valence-electron chi connectivity index (χ1n) is 6.80. The van der Waals surface area contributed by atoms with Gasteiger partial charge in [0.05, 0.1) is 0 Å². The Morgan fingerprint density at radius 2 is 2.00 bits per heavy atom. The van der Waals surface area contributed by atoms with Gasteiger partial charge in [-0.2, -0.15) is 0 Å². The van der Waals surface area contributed by atoms with Gasteiger partial charge in [-0.25, -0.2) is 0 Å². The fourth-order valence-corrected chi connectivity index (χ4v) is 2.94. The molecule has 0 spiro atoms. The number of hydrogen-bond acceptors (Lipinski definition) is 2. The molecule has 1 aliphatic carbocycles. The van der Waals surface area contributed by atoms with Crippen LogP contribution in [0.2, 0.25) is 0 Å². The van der Waals surface area contributed by atoms with Gasteiger partial charge >= 0.3 is 0 Å². The van der Waals surface area contributed by atoms with Gasteiger partial charge in [-0.05, 0) is 35.8 Å². The zero-order valence-electron chi connectivity index (χ0n) is 10.6. The third-order valence-electron chi connectivity index (χ3n) is 4.21. The molecule has 1 heterocycles. The summed E-state index contributed by atoms with van der Waals surface area (Å²) >= 11 is 0. The van der Waals surface area contributed by atoms with Crippen LogP contribution >= 0.6 is 0 Å². The lowest BCUT2D eigenvalue weighted by molar-refractivity contribution is 0.318. The summed E-state index contributed by atoms with van der Waals surface area (Å²) < 4.78 is 0. The van der Waals surface area contributed by atoms with Crippen molar-refractivity contribution in [2.45, 2.75) is 38.3 Å². The van der Waals surface area contributed by atoms with Crippen molar-refractivity contribution < 1.29 is 0 Å². The van der Waals surface area contributed by atoms with E-state index < -0.39 is 0 Å². The smallest absolute Gasteiger partial charge is 0.0237 e. The maximum absolute atomic E-state index is 6.09. The molecule has 2 N–H and O–H groups in total. The third-order valence-corrected chi connectivity index (χ3v) is 4.21. The molecule has 0 bridgehead atoms. The summed E-state index contributed by atoms with van der Waals surface area (Å²) in [7, 11) is 0. The van der Waals surface area contributed by atoms with Crippen LogP contribution in [0.4, 0.5) is 0 Å². The standard InChI is InChI=1S/C15H22N2/c1-11-8-17(10-15(11)16)9-13-4-2-3-5-14(13)12-6-7-12/h2-5,11-12,15H,6-10,16H2,1H3. The van der Waals surface area contributed by atoms with Crippen LogP contribution in [0, 0.1) is 5.92 Å². The van der Waals surface area contributed by atoms with Crippen molar-refractivity contribution in [1.82, 2.24) is 4.90 Å². The third kappa shape index (κ3) is 2.38. The van der Waals surface area contributed by atoms with Gasteiger partial charge in [0.15, 0.2) is 0 Å². The molecule has 0 amide bonds. The summed E-state index contributed by atoms with van der Waals surface area (Å²) in [5.41, 5.74) is 9.20. The molecule has 17 heavy (non-hydrogen) atoms. The van der Waals surface area contributed by atoms with Gasteiger partial charge in [-0.3, -0.25) is 4.90 Å². The quantitative estimate of drug-likeness (QED) is 0.863. The Labute approximate surface area is 104 Å². The van der Waals surface area contributed by atoms with Crippen molar-refractivity contribution in [3.05, 3.63) is 35.4 Å². The Bertz CT molecular complexity index is 388. The van der Waals surface area contributed by atoms with E-state index in [1.807, 2.05) is 0 Å². The minimum absolute atomic E-state index is 0.364. The van der Waals surface area contributed by atoms with E-state index in [4.69, 9.17) is 5.73 Å². The van der Waals surface area contributed by atoms with Crippen molar-refractivity contribution in [3.63, 3.8) is 0 Å². The first kappa shape index (κ1) is 11.2. The molecule has 2 aliphatic rings. The van der Waals surface area contributed by atoms with E-state index in [1.165, 1.54) is 18.4 Å². The Hall–Kier alpha value is -0.860. The second kappa shape index (κ2) is 4.43. The van der Waals surface area contributed by atoms with Crippen molar-refractivity contribution in [2.75, 3.05) is 13.1 Å². The van der Waals surface area contributed by atoms with Crippen LogP contribution in [0.25, 0.3) is 0 Å². The molecule has 1 aliphatic heterocycles. The van der Waals surface area contributed by atoms with E-state index in [0.717, 1.165) is 25.6 Å². The lowest BCUT2D eigenvalue weighted by Crippen LogP contribution is -2.28. The van der Waals surface area contributed by atoms with Crippen LogP contribution in [0.5, 0.6) is 0 Å². The molecule has 2 nitrogen and oxygen atoms in total. The number of hydrogen-bond donors (Lipinski definition) is 1. The van der Waals surface area contributed by atoms with Crippen LogP contribution in [-0.4, -0.2) is 24.0 Å². The fraction of sp³-hybridized carbons (Fsp3) is 0.600. The number of benzene rings is 1. The maximum atomic E-state index is 6.09. The first-order valence-corrected chi connectivity index (χ1v) is 6.80. The number of nitrogens with zero attached hydrogens (tertiary/aromatic N) is 1. The average Bonchev–Trinajstić information content (AvgIpc) is 3.09. The zero-order valence-corrected chi connectivity index (χ0v) is 10.6. The zero-order chi connectivity index (χ0) is 11.8. The monoisotopic (exact) mass is 230 g/mol. The van der Waals surface area contributed by atoms with Gasteiger partial charge in [0.2, 0.25) is 0 Å². The van der Waals surface area contributed by atoms with Gasteiger partial charge in [0, 0.05) is 25.7 Å². The van der Waals surface area contributed by atoms with E-state index in [1.54, 1.807) is 5.56 Å². The average molecular weight is 230 g/mol. The first-order chi connectivity index (χ1) is 8.24. The van der Waals surface area contributed by atoms with E-state index in [-0.39, 0.29) is 0 Å². The van der Waals surface area contributed by atoms with Gasteiger partial charge in [-0.1, -0.05) is 31.2 Å². The number of rotatable bonds is 3. The lowest BCUT2D eigenvalue weighted by Gasteiger charge is -2.17. The predicted octanol–water partition coefficient (Wildman–Crippen LogP) is 2.34. The number of likely N-dealkylation sites (tertiary alicyclic amines) is 1. The highest BCUT2D eigenvalue weighted by atomic mass is 15.2. The van der Waals surface area contributed by atoms with Gasteiger partial charge in [-0.15, -0.1) is 0 Å². The van der Waals surface area contributed by atoms with Gasteiger partial charge in [0.25, 0.3) is 0 Å². The summed E-state index contributed by atoms with van der Waals surface area (Å²) in [6.45, 7) is 5.56. The summed E-state index contributed by atoms with van der Waals surface area (Å²) in [6, 6.07) is 9.31. The Balaban J connectivity index is 1.72. The minimum Gasteiger partial charge on any atom is -0.326 e. The van der Waals surface area contributed by atoms with E-state index in [0.29, 0.717) is 12.0 Å². The highest BCUT2D eigenvalue weighted by Gasteiger charge is 2.29. The second-order valence-electron chi connectivity index (χ2n) is 5.81. The molecular formula is C15H22N2. The Morgan fingerprint density at radius 3 is 2.65 bits per heavy atom. The minimum atomic E-state index is 0.364. The molecule has 1 saturated carbocycles. The number of nitrogens with two attached hydrogens (primary N) is 1. The van der Waals surface area contributed by atoms with Gasteiger partial charge < -0.3 is 5.73 Å². The molecule has 2 atom stereocenters. The molecule has 3 rings (SSSR count). The van der Waals surface area contributed by atoms with Crippen LogP contribution < -0.4 is 5.73 Å². The Kier molecular flexibility index (Phi) is 2.93. The molecular weight excluding hydrogens is 208 g/mol. The molecule has 1 aromatic carbocycles. The van der Waals surface area contributed by atoms with E-state index >= 15 is 0 Å². The summed E-state index contributed by atoms with van der Waals surface area (Å²) in [4.78, 5) is 2.51. The molecule has 0 radical (unpaired) electrons. The molecule has 1 aromatic rings.